The third-order valence-corrected chi connectivity index (χ3v) is 7.55. The molecule has 1 aromatic rings. The molecule has 1 N–H and O–H groups in total. The van der Waals surface area contributed by atoms with E-state index in [4.69, 9.17) is 0 Å². The van der Waals surface area contributed by atoms with Crippen LogP contribution >= 0.6 is 79.6 Å². The minimum absolute atomic E-state index is 0.977. The minimum atomic E-state index is 0.977. The summed E-state index contributed by atoms with van der Waals surface area (Å²) in [7, 11) is 1.87. The predicted octanol–water partition coefficient (Wildman–Crippen LogP) is 5.54. The number of hydrogen-bond donors (Lipinski definition) is 1. The second kappa shape index (κ2) is 4.96. The summed E-state index contributed by atoms with van der Waals surface area (Å²) in [6.07, 6.45) is 0. The van der Waals surface area contributed by atoms with Gasteiger partial charge in [-0.1, -0.05) is 0 Å². The molecule has 1 aromatic carbocycles. The Hall–Kier alpha value is 1.42. The van der Waals surface area contributed by atoms with E-state index in [1.165, 1.54) is 0 Å². The molecule has 1 rings (SSSR count). The molecule has 0 unspecified atom stereocenters. The molecular weight excluding hydrogens is 498 g/mol. The van der Waals surface area contributed by atoms with E-state index in [1.54, 1.807) is 0 Å². The molecule has 0 bridgehead atoms. The van der Waals surface area contributed by atoms with Crippen LogP contribution in [-0.2, 0) is 0 Å². The number of rotatable bonds is 1. The van der Waals surface area contributed by atoms with Crippen molar-refractivity contribution >= 4 is 85.3 Å². The normalized spacial score (nSPS) is 10.3. The average Bonchev–Trinajstić information content (AvgIpc) is 2.13. The van der Waals surface area contributed by atoms with Crippen molar-refractivity contribution in [3.05, 3.63) is 22.4 Å². The van der Waals surface area contributed by atoms with Gasteiger partial charge in [-0.2, -0.15) is 0 Å². The first-order valence-electron chi connectivity index (χ1n) is 3.19. The molecule has 0 aliphatic heterocycles. The van der Waals surface area contributed by atoms with Crippen LogP contribution in [0.1, 0.15) is 0 Å². The summed E-state index contributed by atoms with van der Waals surface area (Å²) in [5, 5.41) is 3.10. The average molecular weight is 502 g/mol. The van der Waals surface area contributed by atoms with E-state index < -0.39 is 0 Å². The van der Waals surface area contributed by atoms with Gasteiger partial charge in [-0.15, -0.1) is 0 Å². The maximum absolute atomic E-state index is 3.49. The van der Waals surface area contributed by atoms with Gasteiger partial charge < -0.3 is 5.32 Å². The summed E-state index contributed by atoms with van der Waals surface area (Å²) in [5.41, 5.74) is 1.00. The predicted molar refractivity (Wildman–Crippen MR) is 74.5 cm³/mol. The van der Waals surface area contributed by atoms with Gasteiger partial charge in [0.15, 0.2) is 0 Å². The highest BCUT2D eigenvalue weighted by Gasteiger charge is 2.16. The first-order valence-corrected chi connectivity index (χ1v) is 7.16. The fourth-order valence-corrected chi connectivity index (χ4v) is 4.27. The fourth-order valence-electron chi connectivity index (χ4n) is 0.824. The maximum Gasteiger partial charge on any atom is 0.0650 e. The molecule has 0 atom stereocenters. The van der Waals surface area contributed by atoms with Crippen LogP contribution in [0.15, 0.2) is 22.4 Å². The molecule has 72 valence electrons. The molecule has 0 amide bonds. The van der Waals surface area contributed by atoms with Crippen LogP contribution in [0.3, 0.4) is 0 Å². The first-order chi connectivity index (χ1) is 6.00. The second-order valence-electron chi connectivity index (χ2n) is 2.19. The van der Waals surface area contributed by atoms with Crippen LogP contribution in [0.25, 0.3) is 0 Å². The van der Waals surface area contributed by atoms with E-state index in [1.807, 2.05) is 7.05 Å². The highest BCUT2D eigenvalue weighted by molar-refractivity contribution is 9.15. The number of nitrogens with one attached hydrogen (secondary N) is 1. The Kier molecular flexibility index (Phi) is 4.77. The molecule has 0 radical (unpaired) electrons. The quantitative estimate of drug-likeness (QED) is 0.394. The van der Waals surface area contributed by atoms with Gasteiger partial charge in [0.05, 0.1) is 14.6 Å². The molecule has 0 aliphatic carbocycles. The van der Waals surface area contributed by atoms with Crippen LogP contribution < -0.4 is 5.32 Å². The number of hydrogen-bond acceptors (Lipinski definition) is 1. The topological polar surface area (TPSA) is 12.0 Å². The van der Waals surface area contributed by atoms with Crippen LogP contribution in [0.4, 0.5) is 5.69 Å². The van der Waals surface area contributed by atoms with Gasteiger partial charge in [0, 0.05) is 20.5 Å². The van der Waals surface area contributed by atoms with Crippen LogP contribution in [-0.4, -0.2) is 7.05 Å². The standard InChI is InChI=1S/C7H4Br5N/c1-13-7-5(11)3(9)2(8)4(10)6(7)12/h13H,1H3. The fraction of sp³-hybridized carbons (Fsp3) is 0.143. The van der Waals surface area contributed by atoms with E-state index in [2.05, 4.69) is 85.0 Å². The lowest BCUT2D eigenvalue weighted by atomic mass is 10.3. The molecule has 13 heavy (non-hydrogen) atoms. The van der Waals surface area contributed by atoms with Gasteiger partial charge in [0.25, 0.3) is 0 Å². The van der Waals surface area contributed by atoms with E-state index in [9.17, 15) is 0 Å². The van der Waals surface area contributed by atoms with Crippen molar-refractivity contribution in [2.75, 3.05) is 12.4 Å². The lowest BCUT2D eigenvalue weighted by Crippen LogP contribution is -1.93. The van der Waals surface area contributed by atoms with Crippen molar-refractivity contribution in [1.82, 2.24) is 0 Å². The Morgan fingerprint density at radius 3 is 1.31 bits per heavy atom. The highest BCUT2D eigenvalue weighted by atomic mass is 79.9. The first kappa shape index (κ1) is 12.5. The van der Waals surface area contributed by atoms with Crippen molar-refractivity contribution in [3.63, 3.8) is 0 Å². The smallest absolute Gasteiger partial charge is 0.0650 e. The lowest BCUT2D eigenvalue weighted by molar-refractivity contribution is 1.39. The van der Waals surface area contributed by atoms with Crippen molar-refractivity contribution in [2.24, 2.45) is 0 Å². The SMILES string of the molecule is CNc1c(Br)c(Br)c(Br)c(Br)c1Br. The Bertz CT molecular complexity index is 320. The second-order valence-corrected chi connectivity index (χ2v) is 6.16. The Balaban J connectivity index is 3.56. The Labute approximate surface area is 119 Å². The third-order valence-electron chi connectivity index (χ3n) is 1.46. The van der Waals surface area contributed by atoms with E-state index in [0.717, 1.165) is 28.1 Å². The number of anilines is 1. The summed E-state index contributed by atoms with van der Waals surface area (Å²) < 4.78 is 4.90. The van der Waals surface area contributed by atoms with Gasteiger partial charge in [-0.3, -0.25) is 0 Å². The van der Waals surface area contributed by atoms with Crippen LogP contribution in [0.2, 0.25) is 0 Å². The summed E-state index contributed by atoms with van der Waals surface area (Å²) in [6.45, 7) is 0. The zero-order valence-corrected chi connectivity index (χ0v) is 14.3. The number of halogens is 5. The third kappa shape index (κ3) is 2.33. The van der Waals surface area contributed by atoms with Gasteiger partial charge in [0.1, 0.15) is 0 Å². The summed E-state index contributed by atoms with van der Waals surface area (Å²) >= 11 is 17.4. The van der Waals surface area contributed by atoms with E-state index in [-0.39, 0.29) is 0 Å². The van der Waals surface area contributed by atoms with Gasteiger partial charge >= 0.3 is 0 Å². The molecule has 0 aliphatic rings. The zero-order valence-electron chi connectivity index (χ0n) is 6.39. The van der Waals surface area contributed by atoms with Gasteiger partial charge in [-0.05, 0) is 79.6 Å². The summed E-state index contributed by atoms with van der Waals surface area (Å²) in [6, 6.07) is 0. The molecule has 0 saturated carbocycles. The van der Waals surface area contributed by atoms with Gasteiger partial charge in [0.2, 0.25) is 0 Å². The van der Waals surface area contributed by atoms with Gasteiger partial charge in [-0.25, -0.2) is 0 Å². The van der Waals surface area contributed by atoms with Crippen LogP contribution in [0, 0.1) is 0 Å². The molecule has 0 aromatic heterocycles. The Morgan fingerprint density at radius 2 is 1.00 bits per heavy atom. The van der Waals surface area contributed by atoms with Crippen LogP contribution in [0.5, 0.6) is 0 Å². The summed E-state index contributed by atoms with van der Waals surface area (Å²) in [4.78, 5) is 0. The lowest BCUT2D eigenvalue weighted by Gasteiger charge is -2.12. The van der Waals surface area contributed by atoms with Crippen molar-refractivity contribution in [3.8, 4) is 0 Å². The van der Waals surface area contributed by atoms with E-state index >= 15 is 0 Å². The van der Waals surface area contributed by atoms with E-state index in [0.29, 0.717) is 0 Å². The zero-order chi connectivity index (χ0) is 10.2. The molecule has 0 spiro atoms. The number of benzene rings is 1. The molecule has 0 heterocycles. The van der Waals surface area contributed by atoms with Crippen molar-refractivity contribution < 1.29 is 0 Å². The van der Waals surface area contributed by atoms with Crippen molar-refractivity contribution in [2.45, 2.75) is 0 Å². The van der Waals surface area contributed by atoms with Crippen molar-refractivity contribution in [1.29, 1.82) is 0 Å². The maximum atomic E-state index is 3.49. The molecule has 0 saturated heterocycles. The highest BCUT2D eigenvalue weighted by Crippen LogP contribution is 2.46. The monoisotopic (exact) mass is 497 g/mol. The molecule has 6 heteroatoms. The summed E-state index contributed by atoms with van der Waals surface area (Å²) in [5.74, 6) is 0. The Morgan fingerprint density at radius 1 is 0.692 bits per heavy atom. The minimum Gasteiger partial charge on any atom is -0.386 e. The molecule has 1 nitrogen and oxygen atoms in total. The largest absolute Gasteiger partial charge is 0.386 e. The molecular formula is C7H4Br5N. The molecule has 0 fully saturated rings.